The Hall–Kier alpha value is -1.18. The molecule has 2 heteroatoms. The fourth-order valence-electron chi connectivity index (χ4n) is 2.56. The molecule has 0 bridgehead atoms. The molecule has 0 atom stereocenters. The molecule has 100 valence electrons. The second kappa shape index (κ2) is 6.67. The first-order valence-electron chi connectivity index (χ1n) is 7.47. The summed E-state index contributed by atoms with van der Waals surface area (Å²) in [5.41, 5.74) is 4.24. The van der Waals surface area contributed by atoms with Crippen LogP contribution in [0.2, 0.25) is 0 Å². The number of hydrogen-bond donors (Lipinski definition) is 1. The maximum Gasteiger partial charge on any atom is 0.0375 e. The SMILES string of the molecule is CCCCN(CCCC)c1ccc2c(c1)CCN2. The Kier molecular flexibility index (Phi) is 4.91. The van der Waals surface area contributed by atoms with Crippen LogP contribution in [0, 0.1) is 0 Å². The summed E-state index contributed by atoms with van der Waals surface area (Å²) in [6.07, 6.45) is 6.31. The van der Waals surface area contributed by atoms with Crippen molar-refractivity contribution in [2.24, 2.45) is 0 Å². The van der Waals surface area contributed by atoms with Crippen molar-refractivity contribution in [3.63, 3.8) is 0 Å². The lowest BCUT2D eigenvalue weighted by Crippen LogP contribution is -2.25. The zero-order valence-electron chi connectivity index (χ0n) is 11.8. The highest BCUT2D eigenvalue weighted by molar-refractivity contribution is 5.63. The molecule has 1 aliphatic rings. The maximum absolute atomic E-state index is 3.43. The summed E-state index contributed by atoms with van der Waals surface area (Å²) in [6.45, 7) is 8.03. The maximum atomic E-state index is 3.43. The second-order valence-corrected chi connectivity index (χ2v) is 5.21. The lowest BCUT2D eigenvalue weighted by Gasteiger charge is -2.25. The van der Waals surface area contributed by atoms with E-state index in [-0.39, 0.29) is 0 Å². The molecule has 0 amide bonds. The van der Waals surface area contributed by atoms with Gasteiger partial charge >= 0.3 is 0 Å². The van der Waals surface area contributed by atoms with Gasteiger partial charge in [0, 0.05) is 31.0 Å². The number of rotatable bonds is 7. The lowest BCUT2D eigenvalue weighted by molar-refractivity contribution is 0.678. The van der Waals surface area contributed by atoms with E-state index in [1.165, 1.54) is 62.1 Å². The minimum absolute atomic E-state index is 1.10. The van der Waals surface area contributed by atoms with Gasteiger partial charge in [-0.2, -0.15) is 0 Å². The Balaban J connectivity index is 2.08. The third-order valence-electron chi connectivity index (χ3n) is 3.73. The lowest BCUT2D eigenvalue weighted by atomic mass is 10.1. The molecule has 1 aliphatic heterocycles. The van der Waals surface area contributed by atoms with E-state index in [0.717, 1.165) is 6.54 Å². The van der Waals surface area contributed by atoms with Crippen molar-refractivity contribution in [3.05, 3.63) is 23.8 Å². The van der Waals surface area contributed by atoms with Crippen molar-refractivity contribution < 1.29 is 0 Å². The fraction of sp³-hybridized carbons (Fsp3) is 0.625. The van der Waals surface area contributed by atoms with Crippen molar-refractivity contribution in [3.8, 4) is 0 Å². The van der Waals surface area contributed by atoms with Crippen molar-refractivity contribution in [2.75, 3.05) is 29.9 Å². The van der Waals surface area contributed by atoms with Crippen LogP contribution < -0.4 is 10.2 Å². The molecule has 0 fully saturated rings. The highest BCUT2D eigenvalue weighted by Crippen LogP contribution is 2.27. The van der Waals surface area contributed by atoms with Crippen LogP contribution in [0.25, 0.3) is 0 Å². The Labute approximate surface area is 111 Å². The molecular formula is C16H26N2. The molecule has 1 N–H and O–H groups in total. The first-order chi connectivity index (χ1) is 8.85. The zero-order chi connectivity index (χ0) is 12.8. The summed E-state index contributed by atoms with van der Waals surface area (Å²) in [4.78, 5) is 2.56. The third-order valence-corrected chi connectivity index (χ3v) is 3.73. The number of hydrogen-bond acceptors (Lipinski definition) is 2. The average Bonchev–Trinajstić information content (AvgIpc) is 2.86. The number of benzene rings is 1. The van der Waals surface area contributed by atoms with E-state index in [1.807, 2.05) is 0 Å². The molecule has 1 heterocycles. The van der Waals surface area contributed by atoms with Crippen LogP contribution in [0.4, 0.5) is 11.4 Å². The van der Waals surface area contributed by atoms with Gasteiger partial charge in [-0.25, -0.2) is 0 Å². The summed E-state index contributed by atoms with van der Waals surface area (Å²) in [5, 5.41) is 3.43. The van der Waals surface area contributed by atoms with Crippen LogP contribution >= 0.6 is 0 Å². The van der Waals surface area contributed by atoms with E-state index in [1.54, 1.807) is 0 Å². The van der Waals surface area contributed by atoms with Crippen molar-refractivity contribution in [1.82, 2.24) is 0 Å². The molecule has 2 nitrogen and oxygen atoms in total. The van der Waals surface area contributed by atoms with E-state index in [0.29, 0.717) is 0 Å². The highest BCUT2D eigenvalue weighted by atomic mass is 15.1. The minimum atomic E-state index is 1.10. The van der Waals surface area contributed by atoms with Gasteiger partial charge in [0.1, 0.15) is 0 Å². The first-order valence-corrected chi connectivity index (χ1v) is 7.47. The van der Waals surface area contributed by atoms with Crippen LogP contribution in [0.3, 0.4) is 0 Å². The summed E-state index contributed by atoms with van der Waals surface area (Å²) in [5.74, 6) is 0. The van der Waals surface area contributed by atoms with E-state index in [9.17, 15) is 0 Å². The van der Waals surface area contributed by atoms with Gasteiger partial charge in [-0.1, -0.05) is 26.7 Å². The molecule has 0 spiro atoms. The van der Waals surface area contributed by atoms with Gasteiger partial charge in [0.25, 0.3) is 0 Å². The molecule has 18 heavy (non-hydrogen) atoms. The smallest absolute Gasteiger partial charge is 0.0375 e. The van der Waals surface area contributed by atoms with Crippen molar-refractivity contribution >= 4 is 11.4 Å². The van der Waals surface area contributed by atoms with Gasteiger partial charge in [0.2, 0.25) is 0 Å². The molecule has 0 radical (unpaired) electrons. The molecule has 2 rings (SSSR count). The van der Waals surface area contributed by atoms with Crippen LogP contribution in [-0.2, 0) is 6.42 Å². The summed E-state index contributed by atoms with van der Waals surface area (Å²) >= 11 is 0. The molecule has 1 aromatic carbocycles. The molecule has 0 saturated heterocycles. The zero-order valence-corrected chi connectivity index (χ0v) is 11.8. The topological polar surface area (TPSA) is 15.3 Å². The van der Waals surface area contributed by atoms with Crippen LogP contribution in [-0.4, -0.2) is 19.6 Å². The molecule has 0 aromatic heterocycles. The third kappa shape index (κ3) is 3.18. The summed E-state index contributed by atoms with van der Waals surface area (Å²) in [7, 11) is 0. The van der Waals surface area contributed by atoms with Crippen LogP contribution in [0.15, 0.2) is 18.2 Å². The first kappa shape index (κ1) is 13.3. The van der Waals surface area contributed by atoms with E-state index >= 15 is 0 Å². The van der Waals surface area contributed by atoms with Crippen molar-refractivity contribution in [2.45, 2.75) is 46.0 Å². The number of nitrogens with zero attached hydrogens (tertiary/aromatic N) is 1. The minimum Gasteiger partial charge on any atom is -0.384 e. The average molecular weight is 246 g/mol. The molecular weight excluding hydrogens is 220 g/mol. The number of unbranched alkanes of at least 4 members (excludes halogenated alkanes) is 2. The summed E-state index contributed by atoms with van der Waals surface area (Å²) < 4.78 is 0. The largest absolute Gasteiger partial charge is 0.384 e. The second-order valence-electron chi connectivity index (χ2n) is 5.21. The molecule has 0 aliphatic carbocycles. The van der Waals surface area contributed by atoms with Crippen molar-refractivity contribution in [1.29, 1.82) is 0 Å². The predicted octanol–water partition coefficient (Wildman–Crippen LogP) is 4.06. The normalized spacial score (nSPS) is 13.2. The van der Waals surface area contributed by atoms with E-state index in [2.05, 4.69) is 42.3 Å². The monoisotopic (exact) mass is 246 g/mol. The summed E-state index contributed by atoms with van der Waals surface area (Å²) in [6, 6.07) is 6.92. The van der Waals surface area contributed by atoms with E-state index < -0.39 is 0 Å². The number of anilines is 2. The van der Waals surface area contributed by atoms with Gasteiger partial charge in [0.15, 0.2) is 0 Å². The fourth-order valence-corrected chi connectivity index (χ4v) is 2.56. The molecule has 1 aromatic rings. The Morgan fingerprint density at radius 2 is 1.83 bits per heavy atom. The van der Waals surface area contributed by atoms with Crippen LogP contribution in [0.1, 0.15) is 45.1 Å². The standard InChI is InChI=1S/C16H26N2/c1-3-5-11-18(12-6-4-2)15-7-8-16-14(13-15)9-10-17-16/h7-8,13,17H,3-6,9-12H2,1-2H3. The highest BCUT2D eigenvalue weighted by Gasteiger charge is 2.12. The number of fused-ring (bicyclic) bond motifs is 1. The number of nitrogens with one attached hydrogen (secondary N) is 1. The van der Waals surface area contributed by atoms with Gasteiger partial charge < -0.3 is 10.2 Å². The molecule has 0 saturated carbocycles. The van der Waals surface area contributed by atoms with Gasteiger partial charge in [0.05, 0.1) is 0 Å². The Morgan fingerprint density at radius 1 is 1.11 bits per heavy atom. The Bertz CT molecular complexity index is 365. The molecule has 0 unspecified atom stereocenters. The predicted molar refractivity (Wildman–Crippen MR) is 80.7 cm³/mol. The van der Waals surface area contributed by atoms with Gasteiger partial charge in [-0.05, 0) is 43.0 Å². The Morgan fingerprint density at radius 3 is 2.50 bits per heavy atom. The quantitative estimate of drug-likeness (QED) is 0.780. The van der Waals surface area contributed by atoms with Gasteiger partial charge in [-0.15, -0.1) is 0 Å². The van der Waals surface area contributed by atoms with Crippen LogP contribution in [0.5, 0.6) is 0 Å². The van der Waals surface area contributed by atoms with E-state index in [4.69, 9.17) is 0 Å². The van der Waals surface area contributed by atoms with Gasteiger partial charge in [-0.3, -0.25) is 0 Å².